The summed E-state index contributed by atoms with van der Waals surface area (Å²) < 4.78 is 13.6. The van der Waals surface area contributed by atoms with Crippen molar-refractivity contribution in [2.45, 2.75) is 12.6 Å². The molecule has 21 heavy (non-hydrogen) atoms. The van der Waals surface area contributed by atoms with Crippen molar-refractivity contribution in [3.8, 4) is 0 Å². The van der Waals surface area contributed by atoms with Gasteiger partial charge >= 0.3 is 0 Å². The van der Waals surface area contributed by atoms with E-state index in [-0.39, 0.29) is 11.9 Å². The van der Waals surface area contributed by atoms with Gasteiger partial charge < -0.3 is 10.2 Å². The summed E-state index contributed by atoms with van der Waals surface area (Å²) >= 11 is 6.27. The fourth-order valence-corrected chi connectivity index (χ4v) is 2.56. The van der Waals surface area contributed by atoms with E-state index in [0.717, 1.165) is 10.6 Å². The average molecular weight is 307 g/mol. The predicted octanol–water partition coefficient (Wildman–Crippen LogP) is 3.87. The van der Waals surface area contributed by atoms with Gasteiger partial charge in [-0.2, -0.15) is 0 Å². The van der Waals surface area contributed by atoms with Crippen LogP contribution in [0.3, 0.4) is 0 Å². The van der Waals surface area contributed by atoms with E-state index in [4.69, 9.17) is 11.6 Å². The molecule has 4 heteroatoms. The van der Waals surface area contributed by atoms with E-state index < -0.39 is 0 Å². The Hall–Kier alpha value is -1.42. The molecule has 0 radical (unpaired) electrons. The first-order valence-corrected chi connectivity index (χ1v) is 7.32. The molecule has 0 bridgehead atoms. The van der Waals surface area contributed by atoms with Gasteiger partial charge in [-0.3, -0.25) is 0 Å². The maximum atomic E-state index is 13.6. The van der Waals surface area contributed by atoms with Gasteiger partial charge in [0.25, 0.3) is 0 Å². The van der Waals surface area contributed by atoms with Crippen molar-refractivity contribution in [1.82, 2.24) is 10.2 Å². The molecular weight excluding hydrogens is 287 g/mol. The lowest BCUT2D eigenvalue weighted by molar-refractivity contribution is 0.288. The number of rotatable bonds is 6. The van der Waals surface area contributed by atoms with Gasteiger partial charge in [0.1, 0.15) is 5.82 Å². The molecule has 112 valence electrons. The second kappa shape index (κ2) is 7.55. The van der Waals surface area contributed by atoms with E-state index in [2.05, 4.69) is 10.2 Å². The zero-order chi connectivity index (χ0) is 15.2. The molecule has 0 aliphatic heterocycles. The molecular formula is C17H20ClFN2. The molecule has 0 aliphatic carbocycles. The molecule has 0 aromatic heterocycles. The highest BCUT2D eigenvalue weighted by atomic mass is 35.5. The molecule has 1 atom stereocenters. The lowest BCUT2D eigenvalue weighted by Crippen LogP contribution is -2.31. The zero-order valence-electron chi connectivity index (χ0n) is 12.3. The Morgan fingerprint density at radius 3 is 2.43 bits per heavy atom. The van der Waals surface area contributed by atoms with E-state index in [1.165, 1.54) is 6.07 Å². The summed E-state index contributed by atoms with van der Waals surface area (Å²) in [7, 11) is 4.03. The molecule has 1 unspecified atom stereocenters. The Balaban J connectivity index is 2.02. The maximum absolute atomic E-state index is 13.6. The van der Waals surface area contributed by atoms with Crippen LogP contribution in [0.2, 0.25) is 5.02 Å². The second-order valence-corrected chi connectivity index (χ2v) is 5.63. The molecule has 2 rings (SSSR count). The minimum atomic E-state index is -0.177. The van der Waals surface area contributed by atoms with E-state index in [0.29, 0.717) is 18.7 Å². The lowest BCUT2D eigenvalue weighted by atomic mass is 10.1. The van der Waals surface area contributed by atoms with Crippen molar-refractivity contribution in [3.63, 3.8) is 0 Å². The SMILES string of the molecule is CN(C)C(CNCc1ccccc1F)c1ccccc1Cl. The average Bonchev–Trinajstić information content (AvgIpc) is 2.46. The van der Waals surface area contributed by atoms with E-state index in [9.17, 15) is 4.39 Å². The van der Waals surface area contributed by atoms with E-state index >= 15 is 0 Å². The molecule has 2 aromatic carbocycles. The van der Waals surface area contributed by atoms with Gasteiger partial charge in [0.05, 0.1) is 0 Å². The first-order valence-electron chi connectivity index (χ1n) is 6.94. The highest BCUT2D eigenvalue weighted by Crippen LogP contribution is 2.25. The molecule has 0 spiro atoms. The van der Waals surface area contributed by atoms with Gasteiger partial charge in [-0.25, -0.2) is 4.39 Å². The Morgan fingerprint density at radius 2 is 1.76 bits per heavy atom. The van der Waals surface area contributed by atoms with Crippen molar-refractivity contribution < 1.29 is 4.39 Å². The summed E-state index contributed by atoms with van der Waals surface area (Å²) in [4.78, 5) is 2.11. The molecule has 0 heterocycles. The van der Waals surface area contributed by atoms with E-state index in [1.54, 1.807) is 12.1 Å². The summed E-state index contributed by atoms with van der Waals surface area (Å²) in [5, 5.41) is 4.06. The molecule has 0 aliphatic rings. The summed E-state index contributed by atoms with van der Waals surface area (Å²) in [6.07, 6.45) is 0. The van der Waals surface area contributed by atoms with Crippen LogP contribution in [0.5, 0.6) is 0 Å². The van der Waals surface area contributed by atoms with Crippen LogP contribution in [0, 0.1) is 5.82 Å². The number of likely N-dealkylation sites (N-methyl/N-ethyl adjacent to an activating group) is 1. The molecule has 0 fully saturated rings. The van der Waals surface area contributed by atoms with Crippen LogP contribution >= 0.6 is 11.6 Å². The van der Waals surface area contributed by atoms with Crippen molar-refractivity contribution in [3.05, 3.63) is 70.5 Å². The van der Waals surface area contributed by atoms with Crippen LogP contribution in [-0.4, -0.2) is 25.5 Å². The molecule has 0 amide bonds. The third-order valence-electron chi connectivity index (χ3n) is 3.50. The van der Waals surface area contributed by atoms with Crippen LogP contribution in [0.25, 0.3) is 0 Å². The smallest absolute Gasteiger partial charge is 0.127 e. The molecule has 2 aromatic rings. The third-order valence-corrected chi connectivity index (χ3v) is 3.84. The van der Waals surface area contributed by atoms with Crippen molar-refractivity contribution in [2.24, 2.45) is 0 Å². The molecule has 0 saturated carbocycles. The Kier molecular flexibility index (Phi) is 5.74. The number of hydrogen-bond acceptors (Lipinski definition) is 2. The molecule has 2 nitrogen and oxygen atoms in total. The Bertz CT molecular complexity index is 587. The van der Waals surface area contributed by atoms with Gasteiger partial charge in [0, 0.05) is 29.7 Å². The number of nitrogens with one attached hydrogen (secondary N) is 1. The summed E-state index contributed by atoms with van der Waals surface area (Å²) in [6, 6.07) is 14.8. The van der Waals surface area contributed by atoms with Crippen LogP contribution in [0.1, 0.15) is 17.2 Å². The van der Waals surface area contributed by atoms with Crippen molar-refractivity contribution >= 4 is 11.6 Å². The highest BCUT2D eigenvalue weighted by Gasteiger charge is 2.16. The monoisotopic (exact) mass is 306 g/mol. The quantitative estimate of drug-likeness (QED) is 0.871. The number of benzene rings is 2. The normalized spacial score (nSPS) is 12.6. The summed E-state index contributed by atoms with van der Waals surface area (Å²) in [6.45, 7) is 1.20. The highest BCUT2D eigenvalue weighted by molar-refractivity contribution is 6.31. The van der Waals surface area contributed by atoms with Crippen LogP contribution in [-0.2, 0) is 6.54 Å². The molecule has 1 N–H and O–H groups in total. The standard InChI is InChI=1S/C17H20ClFN2/c1-21(2)17(14-8-4-5-9-15(14)18)12-20-11-13-7-3-6-10-16(13)19/h3-10,17,20H,11-12H2,1-2H3. The number of hydrogen-bond donors (Lipinski definition) is 1. The summed E-state index contributed by atoms with van der Waals surface area (Å²) in [5.41, 5.74) is 1.75. The van der Waals surface area contributed by atoms with Gasteiger partial charge in [-0.15, -0.1) is 0 Å². The lowest BCUT2D eigenvalue weighted by Gasteiger charge is -2.26. The zero-order valence-corrected chi connectivity index (χ0v) is 13.1. The predicted molar refractivity (Wildman–Crippen MR) is 86.0 cm³/mol. The van der Waals surface area contributed by atoms with Crippen LogP contribution < -0.4 is 5.32 Å². The first-order chi connectivity index (χ1) is 10.1. The van der Waals surface area contributed by atoms with Crippen molar-refractivity contribution in [2.75, 3.05) is 20.6 Å². The molecule has 0 saturated heterocycles. The first kappa shape index (κ1) is 16.0. The second-order valence-electron chi connectivity index (χ2n) is 5.22. The van der Waals surface area contributed by atoms with E-state index in [1.807, 2.05) is 44.4 Å². The van der Waals surface area contributed by atoms with Crippen LogP contribution in [0.4, 0.5) is 4.39 Å². The topological polar surface area (TPSA) is 15.3 Å². The summed E-state index contributed by atoms with van der Waals surface area (Å²) in [5.74, 6) is -0.177. The van der Waals surface area contributed by atoms with Crippen LogP contribution in [0.15, 0.2) is 48.5 Å². The fraction of sp³-hybridized carbons (Fsp3) is 0.294. The minimum Gasteiger partial charge on any atom is -0.311 e. The van der Waals surface area contributed by atoms with Crippen molar-refractivity contribution in [1.29, 1.82) is 0 Å². The minimum absolute atomic E-state index is 0.144. The van der Waals surface area contributed by atoms with Gasteiger partial charge in [-0.05, 0) is 31.8 Å². The fourth-order valence-electron chi connectivity index (χ4n) is 2.30. The maximum Gasteiger partial charge on any atom is 0.127 e. The Morgan fingerprint density at radius 1 is 1.10 bits per heavy atom. The third kappa shape index (κ3) is 4.27. The Labute approximate surface area is 130 Å². The van der Waals surface area contributed by atoms with Gasteiger partial charge in [0.15, 0.2) is 0 Å². The van der Waals surface area contributed by atoms with Gasteiger partial charge in [0.2, 0.25) is 0 Å². The number of nitrogens with zero attached hydrogens (tertiary/aromatic N) is 1. The van der Waals surface area contributed by atoms with Gasteiger partial charge in [-0.1, -0.05) is 48.0 Å². The number of halogens is 2. The largest absolute Gasteiger partial charge is 0.311 e.